The van der Waals surface area contributed by atoms with Crippen molar-refractivity contribution in [3.05, 3.63) is 0 Å². The summed E-state index contributed by atoms with van der Waals surface area (Å²) in [5, 5.41) is 0. The number of rotatable bonds is 11. The molecule has 0 spiro atoms. The lowest BCUT2D eigenvalue weighted by atomic mass is 9.87. The topological polar surface area (TPSA) is 104 Å². The Labute approximate surface area is 100 Å². The van der Waals surface area contributed by atoms with Crippen LogP contribution >= 0.6 is 0 Å². The highest BCUT2D eigenvalue weighted by molar-refractivity contribution is 4.73. The van der Waals surface area contributed by atoms with Gasteiger partial charge in [-0.2, -0.15) is 0 Å². The fourth-order valence-corrected chi connectivity index (χ4v) is 2.09. The second-order valence-corrected chi connectivity index (χ2v) is 4.57. The third kappa shape index (κ3) is 8.05. The smallest absolute Gasteiger partial charge is 0.00676 e. The summed E-state index contributed by atoms with van der Waals surface area (Å²) in [6.07, 6.45) is 7.75. The predicted octanol–water partition coefficient (Wildman–Crippen LogP) is 0.537. The third-order valence-corrected chi connectivity index (χ3v) is 3.16. The molecule has 0 saturated carbocycles. The minimum absolute atomic E-state index is 0.285. The van der Waals surface area contributed by atoms with E-state index >= 15 is 0 Å². The van der Waals surface area contributed by atoms with Crippen molar-refractivity contribution in [1.82, 2.24) is 0 Å². The number of hydrogen-bond donors (Lipinski definition) is 4. The Balaban J connectivity index is 3.86. The van der Waals surface area contributed by atoms with Crippen LogP contribution in [-0.4, -0.2) is 25.7 Å². The first-order chi connectivity index (χ1) is 7.76. The molecule has 0 heterocycles. The van der Waals surface area contributed by atoms with Crippen LogP contribution in [0.25, 0.3) is 0 Å². The van der Waals surface area contributed by atoms with Gasteiger partial charge in [-0.05, 0) is 64.1 Å². The van der Waals surface area contributed by atoms with E-state index < -0.39 is 0 Å². The van der Waals surface area contributed by atoms with E-state index in [-0.39, 0.29) is 6.04 Å². The zero-order valence-electron chi connectivity index (χ0n) is 10.5. The number of unbranched alkanes of at least 4 members (excludes halogenated alkanes) is 1. The lowest BCUT2D eigenvalue weighted by molar-refractivity contribution is 0.334. The van der Waals surface area contributed by atoms with Gasteiger partial charge in [-0.1, -0.05) is 6.42 Å². The van der Waals surface area contributed by atoms with E-state index in [4.69, 9.17) is 22.9 Å². The van der Waals surface area contributed by atoms with Crippen LogP contribution in [-0.2, 0) is 0 Å². The maximum atomic E-state index is 6.20. The van der Waals surface area contributed by atoms with E-state index in [1.54, 1.807) is 0 Å². The molecule has 0 rings (SSSR count). The van der Waals surface area contributed by atoms with E-state index in [1.165, 1.54) is 12.8 Å². The first kappa shape index (κ1) is 15.8. The summed E-state index contributed by atoms with van der Waals surface area (Å²) in [7, 11) is 0. The summed E-state index contributed by atoms with van der Waals surface area (Å²) in [5.41, 5.74) is 22.8. The Morgan fingerprint density at radius 2 is 1.12 bits per heavy atom. The summed E-state index contributed by atoms with van der Waals surface area (Å²) in [6, 6.07) is 0.285. The Hall–Kier alpha value is -0.160. The lowest BCUT2D eigenvalue weighted by Crippen LogP contribution is -2.31. The van der Waals surface area contributed by atoms with Crippen LogP contribution < -0.4 is 22.9 Å². The van der Waals surface area contributed by atoms with Gasteiger partial charge in [-0.25, -0.2) is 0 Å². The Bertz CT molecular complexity index is 141. The van der Waals surface area contributed by atoms with Crippen LogP contribution in [0, 0.1) is 5.92 Å². The normalized spacial score (nSPS) is 15.0. The average molecular weight is 230 g/mol. The summed E-state index contributed by atoms with van der Waals surface area (Å²) < 4.78 is 0. The average Bonchev–Trinajstić information content (AvgIpc) is 2.30. The largest absolute Gasteiger partial charge is 0.330 e. The zero-order valence-corrected chi connectivity index (χ0v) is 10.5. The van der Waals surface area contributed by atoms with Gasteiger partial charge in [-0.15, -0.1) is 0 Å². The molecule has 0 aliphatic heterocycles. The van der Waals surface area contributed by atoms with Gasteiger partial charge >= 0.3 is 0 Å². The highest BCUT2D eigenvalue weighted by atomic mass is 14.7. The summed E-state index contributed by atoms with van der Waals surface area (Å²) in [6.45, 7) is 2.28. The molecule has 4 nitrogen and oxygen atoms in total. The second-order valence-electron chi connectivity index (χ2n) is 4.57. The number of nitrogens with two attached hydrogens (primary N) is 4. The van der Waals surface area contributed by atoms with Gasteiger partial charge in [0.15, 0.2) is 0 Å². The fourth-order valence-electron chi connectivity index (χ4n) is 2.09. The molecule has 0 aromatic heterocycles. The zero-order chi connectivity index (χ0) is 12.2. The minimum atomic E-state index is 0.285. The van der Waals surface area contributed by atoms with Crippen molar-refractivity contribution in [2.75, 3.05) is 19.6 Å². The fraction of sp³-hybridized carbons (Fsp3) is 1.00. The molecule has 16 heavy (non-hydrogen) atoms. The van der Waals surface area contributed by atoms with Gasteiger partial charge in [0.2, 0.25) is 0 Å². The Morgan fingerprint density at radius 3 is 1.69 bits per heavy atom. The van der Waals surface area contributed by atoms with Crippen molar-refractivity contribution < 1.29 is 0 Å². The molecule has 0 amide bonds. The molecule has 0 radical (unpaired) electrons. The van der Waals surface area contributed by atoms with Crippen molar-refractivity contribution in [3.63, 3.8) is 0 Å². The van der Waals surface area contributed by atoms with Crippen LogP contribution in [0.2, 0.25) is 0 Å². The molecule has 0 saturated heterocycles. The minimum Gasteiger partial charge on any atom is -0.330 e. The van der Waals surface area contributed by atoms with Crippen LogP contribution in [0.5, 0.6) is 0 Å². The van der Waals surface area contributed by atoms with Crippen LogP contribution in [0.1, 0.15) is 44.9 Å². The van der Waals surface area contributed by atoms with Crippen molar-refractivity contribution in [1.29, 1.82) is 0 Å². The Kier molecular flexibility index (Phi) is 11.2. The van der Waals surface area contributed by atoms with Gasteiger partial charge in [0, 0.05) is 6.04 Å². The Morgan fingerprint density at radius 1 is 0.625 bits per heavy atom. The van der Waals surface area contributed by atoms with Crippen LogP contribution in [0.4, 0.5) is 0 Å². The maximum Gasteiger partial charge on any atom is 0.00676 e. The predicted molar refractivity (Wildman–Crippen MR) is 70.9 cm³/mol. The quantitative estimate of drug-likeness (QED) is 0.389. The van der Waals surface area contributed by atoms with Crippen molar-refractivity contribution >= 4 is 0 Å². The standard InChI is InChI=1S/C12H30N4/c13-8-2-1-5-11(6-3-9-14)12(16)7-4-10-15/h11-12H,1-10,13-16H2. The van der Waals surface area contributed by atoms with Crippen LogP contribution in [0.3, 0.4) is 0 Å². The molecule has 2 atom stereocenters. The van der Waals surface area contributed by atoms with E-state index in [0.717, 1.165) is 51.7 Å². The third-order valence-electron chi connectivity index (χ3n) is 3.16. The monoisotopic (exact) mass is 230 g/mol. The SMILES string of the molecule is NCCCCC(CCCN)C(N)CCCN. The van der Waals surface area contributed by atoms with Gasteiger partial charge in [0.25, 0.3) is 0 Å². The number of hydrogen-bond acceptors (Lipinski definition) is 4. The molecular formula is C12H30N4. The second kappa shape index (κ2) is 11.3. The van der Waals surface area contributed by atoms with Gasteiger partial charge < -0.3 is 22.9 Å². The first-order valence-corrected chi connectivity index (χ1v) is 6.62. The van der Waals surface area contributed by atoms with Crippen molar-refractivity contribution in [3.8, 4) is 0 Å². The van der Waals surface area contributed by atoms with Crippen molar-refractivity contribution in [2.45, 2.75) is 51.0 Å². The molecule has 8 N–H and O–H groups in total. The molecule has 0 aliphatic carbocycles. The highest BCUT2D eigenvalue weighted by Gasteiger charge is 2.16. The molecule has 0 fully saturated rings. The van der Waals surface area contributed by atoms with E-state index in [9.17, 15) is 0 Å². The van der Waals surface area contributed by atoms with Crippen LogP contribution in [0.15, 0.2) is 0 Å². The van der Waals surface area contributed by atoms with E-state index in [1.807, 2.05) is 0 Å². The maximum absolute atomic E-state index is 6.20. The molecule has 0 aromatic rings. The molecule has 2 unspecified atom stereocenters. The van der Waals surface area contributed by atoms with E-state index in [0.29, 0.717) is 5.92 Å². The van der Waals surface area contributed by atoms with Gasteiger partial charge in [0.05, 0.1) is 0 Å². The summed E-state index contributed by atoms with van der Waals surface area (Å²) in [5.74, 6) is 0.599. The van der Waals surface area contributed by atoms with Gasteiger partial charge in [0.1, 0.15) is 0 Å². The highest BCUT2D eigenvalue weighted by Crippen LogP contribution is 2.20. The molecule has 4 heteroatoms. The molecular weight excluding hydrogens is 200 g/mol. The molecule has 98 valence electrons. The first-order valence-electron chi connectivity index (χ1n) is 6.62. The molecule has 0 aromatic carbocycles. The summed E-state index contributed by atoms with van der Waals surface area (Å²) in [4.78, 5) is 0. The lowest BCUT2D eigenvalue weighted by Gasteiger charge is -2.23. The van der Waals surface area contributed by atoms with Gasteiger partial charge in [-0.3, -0.25) is 0 Å². The summed E-state index contributed by atoms with van der Waals surface area (Å²) >= 11 is 0. The molecule has 0 bridgehead atoms. The molecule has 0 aliphatic rings. The van der Waals surface area contributed by atoms with E-state index in [2.05, 4.69) is 0 Å². The van der Waals surface area contributed by atoms with Crippen molar-refractivity contribution in [2.24, 2.45) is 28.9 Å².